The smallest absolute Gasteiger partial charge is 0.126 e. The van der Waals surface area contributed by atoms with Crippen LogP contribution in [0.2, 0.25) is 0 Å². The summed E-state index contributed by atoms with van der Waals surface area (Å²) in [5.41, 5.74) is 1.27. The van der Waals surface area contributed by atoms with E-state index < -0.39 is 0 Å². The topological polar surface area (TPSA) is 34.1 Å². The predicted molar refractivity (Wildman–Crippen MR) is 67.7 cm³/mol. The first-order chi connectivity index (χ1) is 7.53. The van der Waals surface area contributed by atoms with Crippen LogP contribution < -0.4 is 5.32 Å². The summed E-state index contributed by atoms with van der Waals surface area (Å²) in [4.78, 5) is 4.41. The molecule has 3 nitrogen and oxygen atoms in total. The Labute approximate surface area is 98.2 Å². The molecule has 16 heavy (non-hydrogen) atoms. The van der Waals surface area contributed by atoms with Gasteiger partial charge < -0.3 is 10.1 Å². The van der Waals surface area contributed by atoms with Crippen molar-refractivity contribution in [2.45, 2.75) is 27.2 Å². The predicted octanol–water partition coefficient (Wildman–Crippen LogP) is 2.86. The third-order valence-electron chi connectivity index (χ3n) is 2.62. The Kier molecular flexibility index (Phi) is 4.74. The van der Waals surface area contributed by atoms with E-state index in [2.05, 4.69) is 24.1 Å². The Balaban J connectivity index is 2.44. The molecule has 0 radical (unpaired) electrons. The van der Waals surface area contributed by atoms with Crippen molar-refractivity contribution >= 4 is 5.82 Å². The monoisotopic (exact) mass is 222 g/mol. The molecule has 1 aromatic heterocycles. The molecule has 0 unspecified atom stereocenters. The van der Waals surface area contributed by atoms with Crippen molar-refractivity contribution in [3.63, 3.8) is 0 Å². The standard InChI is InChI=1S/C13H22N2O/c1-11-6-5-7-12(15-11)14-10-13(2,3)8-9-16-4/h5-7H,8-10H2,1-4H3,(H,14,15). The summed E-state index contributed by atoms with van der Waals surface area (Å²) in [5.74, 6) is 0.950. The van der Waals surface area contributed by atoms with E-state index in [0.717, 1.165) is 31.1 Å². The van der Waals surface area contributed by atoms with E-state index in [1.165, 1.54) is 0 Å². The first-order valence-corrected chi connectivity index (χ1v) is 5.70. The number of hydrogen-bond acceptors (Lipinski definition) is 3. The van der Waals surface area contributed by atoms with Crippen molar-refractivity contribution in [3.8, 4) is 0 Å². The molecule has 1 heterocycles. The molecule has 1 rings (SSSR count). The molecule has 0 bridgehead atoms. The van der Waals surface area contributed by atoms with Gasteiger partial charge in [-0.05, 0) is 30.9 Å². The molecular formula is C13H22N2O. The number of methoxy groups -OCH3 is 1. The maximum absolute atomic E-state index is 5.11. The first-order valence-electron chi connectivity index (χ1n) is 5.70. The van der Waals surface area contributed by atoms with Crippen LogP contribution in [0.3, 0.4) is 0 Å². The molecule has 0 amide bonds. The van der Waals surface area contributed by atoms with Crippen LogP contribution >= 0.6 is 0 Å². The van der Waals surface area contributed by atoms with Crippen molar-refractivity contribution < 1.29 is 4.74 Å². The minimum Gasteiger partial charge on any atom is -0.385 e. The van der Waals surface area contributed by atoms with Gasteiger partial charge in [0.25, 0.3) is 0 Å². The number of rotatable bonds is 6. The van der Waals surface area contributed by atoms with Crippen LogP contribution in [0, 0.1) is 12.3 Å². The molecule has 0 fully saturated rings. The van der Waals surface area contributed by atoms with Crippen molar-refractivity contribution in [2.24, 2.45) is 5.41 Å². The van der Waals surface area contributed by atoms with Gasteiger partial charge >= 0.3 is 0 Å². The molecule has 0 aliphatic rings. The molecule has 90 valence electrons. The van der Waals surface area contributed by atoms with E-state index in [1.54, 1.807) is 7.11 Å². The summed E-state index contributed by atoms with van der Waals surface area (Å²) >= 11 is 0. The molecule has 0 atom stereocenters. The third-order valence-corrected chi connectivity index (χ3v) is 2.62. The number of nitrogens with zero attached hydrogens (tertiary/aromatic N) is 1. The average molecular weight is 222 g/mol. The molecule has 1 aromatic rings. The van der Waals surface area contributed by atoms with Crippen molar-refractivity contribution in [1.82, 2.24) is 4.98 Å². The van der Waals surface area contributed by atoms with Crippen LogP contribution in [0.4, 0.5) is 5.82 Å². The quantitative estimate of drug-likeness (QED) is 0.803. The van der Waals surface area contributed by atoms with E-state index in [-0.39, 0.29) is 5.41 Å². The summed E-state index contributed by atoms with van der Waals surface area (Å²) in [7, 11) is 1.74. The van der Waals surface area contributed by atoms with Gasteiger partial charge in [0.05, 0.1) is 0 Å². The van der Waals surface area contributed by atoms with Crippen LogP contribution in [0.1, 0.15) is 26.0 Å². The van der Waals surface area contributed by atoms with E-state index in [1.807, 2.05) is 25.1 Å². The van der Waals surface area contributed by atoms with Gasteiger partial charge in [-0.2, -0.15) is 0 Å². The zero-order valence-corrected chi connectivity index (χ0v) is 10.7. The number of ether oxygens (including phenoxy) is 1. The number of nitrogens with one attached hydrogen (secondary N) is 1. The Morgan fingerprint density at radius 1 is 1.38 bits per heavy atom. The van der Waals surface area contributed by atoms with Gasteiger partial charge in [0.1, 0.15) is 5.82 Å². The third kappa shape index (κ3) is 4.62. The second-order valence-corrected chi connectivity index (χ2v) is 4.92. The molecule has 0 aliphatic carbocycles. The number of hydrogen-bond donors (Lipinski definition) is 1. The summed E-state index contributed by atoms with van der Waals surface area (Å²) in [6, 6.07) is 6.02. The molecule has 1 N–H and O–H groups in total. The fourth-order valence-electron chi connectivity index (χ4n) is 1.44. The minimum atomic E-state index is 0.224. The summed E-state index contributed by atoms with van der Waals surface area (Å²) in [6.07, 6.45) is 1.04. The maximum Gasteiger partial charge on any atom is 0.126 e. The molecule has 0 aromatic carbocycles. The van der Waals surface area contributed by atoms with Crippen LogP contribution in [0.15, 0.2) is 18.2 Å². The van der Waals surface area contributed by atoms with Crippen LogP contribution in [0.25, 0.3) is 0 Å². The average Bonchev–Trinajstić information content (AvgIpc) is 2.24. The van der Waals surface area contributed by atoms with Gasteiger partial charge in [-0.3, -0.25) is 0 Å². The van der Waals surface area contributed by atoms with Crippen molar-refractivity contribution in [3.05, 3.63) is 23.9 Å². The lowest BCUT2D eigenvalue weighted by Crippen LogP contribution is -2.25. The van der Waals surface area contributed by atoms with Crippen LogP contribution in [0.5, 0.6) is 0 Å². The van der Waals surface area contributed by atoms with Gasteiger partial charge in [-0.25, -0.2) is 4.98 Å². The summed E-state index contributed by atoms with van der Waals surface area (Å²) in [6.45, 7) is 8.17. The lowest BCUT2D eigenvalue weighted by atomic mass is 9.90. The van der Waals surface area contributed by atoms with E-state index in [4.69, 9.17) is 4.74 Å². The van der Waals surface area contributed by atoms with E-state index in [0.29, 0.717) is 0 Å². The Bertz CT molecular complexity index is 323. The normalized spacial score (nSPS) is 11.5. The molecule has 0 spiro atoms. The molecular weight excluding hydrogens is 200 g/mol. The van der Waals surface area contributed by atoms with Crippen molar-refractivity contribution in [1.29, 1.82) is 0 Å². The molecule has 0 saturated heterocycles. The summed E-state index contributed by atoms with van der Waals surface area (Å²) in [5, 5.41) is 3.37. The van der Waals surface area contributed by atoms with Crippen LogP contribution in [-0.4, -0.2) is 25.2 Å². The number of aryl methyl sites for hydroxylation is 1. The second-order valence-electron chi connectivity index (χ2n) is 4.92. The van der Waals surface area contributed by atoms with Gasteiger partial charge in [0, 0.05) is 26.0 Å². The summed E-state index contributed by atoms with van der Waals surface area (Å²) < 4.78 is 5.11. The van der Waals surface area contributed by atoms with Gasteiger partial charge in [0.2, 0.25) is 0 Å². The molecule has 3 heteroatoms. The number of aromatic nitrogens is 1. The van der Waals surface area contributed by atoms with E-state index in [9.17, 15) is 0 Å². The zero-order valence-electron chi connectivity index (χ0n) is 10.7. The fourth-order valence-corrected chi connectivity index (χ4v) is 1.44. The number of pyridine rings is 1. The lowest BCUT2D eigenvalue weighted by molar-refractivity contribution is 0.157. The second kappa shape index (κ2) is 5.85. The largest absolute Gasteiger partial charge is 0.385 e. The zero-order chi connectivity index (χ0) is 12.0. The highest BCUT2D eigenvalue weighted by molar-refractivity contribution is 5.35. The highest BCUT2D eigenvalue weighted by Gasteiger charge is 2.17. The van der Waals surface area contributed by atoms with E-state index >= 15 is 0 Å². The molecule has 0 aliphatic heterocycles. The van der Waals surface area contributed by atoms with Gasteiger partial charge in [-0.1, -0.05) is 19.9 Å². The molecule has 0 saturated carbocycles. The van der Waals surface area contributed by atoms with Gasteiger partial charge in [-0.15, -0.1) is 0 Å². The maximum atomic E-state index is 5.11. The highest BCUT2D eigenvalue weighted by atomic mass is 16.5. The van der Waals surface area contributed by atoms with Crippen LogP contribution in [-0.2, 0) is 4.74 Å². The number of anilines is 1. The lowest BCUT2D eigenvalue weighted by Gasteiger charge is -2.24. The fraction of sp³-hybridized carbons (Fsp3) is 0.615. The highest BCUT2D eigenvalue weighted by Crippen LogP contribution is 2.20. The Hall–Kier alpha value is -1.09. The van der Waals surface area contributed by atoms with Gasteiger partial charge in [0.15, 0.2) is 0 Å². The SMILES string of the molecule is COCCC(C)(C)CNc1cccc(C)n1. The Morgan fingerprint density at radius 2 is 2.12 bits per heavy atom. The first kappa shape index (κ1) is 13.0. The Morgan fingerprint density at radius 3 is 2.75 bits per heavy atom. The van der Waals surface area contributed by atoms with Crippen molar-refractivity contribution in [2.75, 3.05) is 25.6 Å². The minimum absolute atomic E-state index is 0.224.